The van der Waals surface area contributed by atoms with Crippen LogP contribution >= 0.6 is 0 Å². The molecule has 4 nitrogen and oxygen atoms in total. The SMILES string of the molecule is CCCCC/C=C/CCCC[C@@H](O)[C@H](CO)NC(=O)CCCCCCC/C=C/CCCCCCCC. The molecule has 4 heteroatoms. The summed E-state index contributed by atoms with van der Waals surface area (Å²) >= 11 is 0. The predicted molar refractivity (Wildman–Crippen MR) is 156 cm³/mol. The third-order valence-corrected chi connectivity index (χ3v) is 6.93. The third kappa shape index (κ3) is 24.6. The van der Waals surface area contributed by atoms with E-state index in [9.17, 15) is 15.0 Å². The first-order valence-electron chi connectivity index (χ1n) is 15.5. The fourth-order valence-corrected chi connectivity index (χ4v) is 4.46. The highest BCUT2D eigenvalue weighted by Crippen LogP contribution is 2.11. The van der Waals surface area contributed by atoms with Crippen molar-refractivity contribution in [3.8, 4) is 0 Å². The second-order valence-electron chi connectivity index (χ2n) is 10.5. The summed E-state index contributed by atoms with van der Waals surface area (Å²) in [5, 5.41) is 22.8. The lowest BCUT2D eigenvalue weighted by Gasteiger charge is -2.22. The number of aliphatic hydroxyl groups excluding tert-OH is 2. The van der Waals surface area contributed by atoms with Gasteiger partial charge in [0.15, 0.2) is 0 Å². The molecule has 0 saturated heterocycles. The molecule has 0 aromatic carbocycles. The summed E-state index contributed by atoms with van der Waals surface area (Å²) in [6.45, 7) is 4.27. The van der Waals surface area contributed by atoms with Crippen LogP contribution in [0.1, 0.15) is 155 Å². The van der Waals surface area contributed by atoms with Crippen LogP contribution in [0.3, 0.4) is 0 Å². The predicted octanol–water partition coefficient (Wildman–Crippen LogP) is 8.56. The highest BCUT2D eigenvalue weighted by molar-refractivity contribution is 5.76. The molecular weight excluding hydrogens is 446 g/mol. The second-order valence-corrected chi connectivity index (χ2v) is 10.5. The second kappa shape index (κ2) is 28.4. The molecule has 0 saturated carbocycles. The van der Waals surface area contributed by atoms with E-state index >= 15 is 0 Å². The van der Waals surface area contributed by atoms with Crippen molar-refractivity contribution < 1.29 is 15.0 Å². The maximum absolute atomic E-state index is 12.2. The number of amides is 1. The summed E-state index contributed by atoms with van der Waals surface area (Å²) in [6, 6.07) is -0.551. The molecule has 0 aliphatic carbocycles. The Morgan fingerprint density at radius 1 is 0.639 bits per heavy atom. The Balaban J connectivity index is 3.64. The molecule has 0 bridgehead atoms. The number of carbonyl (C=O) groups is 1. The molecular formula is C32H61NO3. The van der Waals surface area contributed by atoms with Crippen LogP contribution in [-0.4, -0.2) is 34.9 Å². The Hall–Kier alpha value is -1.13. The summed E-state index contributed by atoms with van der Waals surface area (Å²) < 4.78 is 0. The van der Waals surface area contributed by atoms with Gasteiger partial charge < -0.3 is 15.5 Å². The molecule has 0 aliphatic rings. The summed E-state index contributed by atoms with van der Waals surface area (Å²) in [5.74, 6) is -0.0549. The van der Waals surface area contributed by atoms with Crippen molar-refractivity contribution in [2.24, 2.45) is 0 Å². The van der Waals surface area contributed by atoms with Gasteiger partial charge in [0.05, 0.1) is 18.8 Å². The van der Waals surface area contributed by atoms with Crippen LogP contribution in [0.5, 0.6) is 0 Å². The number of nitrogens with one attached hydrogen (secondary N) is 1. The van der Waals surface area contributed by atoms with Crippen LogP contribution in [0.25, 0.3) is 0 Å². The molecule has 36 heavy (non-hydrogen) atoms. The molecule has 2 atom stereocenters. The molecule has 1 amide bonds. The maximum atomic E-state index is 12.2. The van der Waals surface area contributed by atoms with Gasteiger partial charge in [0.1, 0.15) is 0 Å². The Bertz CT molecular complexity index is 518. The van der Waals surface area contributed by atoms with E-state index in [1.165, 1.54) is 83.5 Å². The van der Waals surface area contributed by atoms with E-state index in [2.05, 4.69) is 43.5 Å². The number of hydrogen-bond donors (Lipinski definition) is 3. The Kier molecular flexibility index (Phi) is 27.5. The standard InChI is InChI=1S/C32H61NO3/c1-3-5-7-9-11-13-14-15-16-17-18-20-22-24-26-28-32(36)33-30(29-34)31(35)27-25-23-21-19-12-10-8-6-4-2/h12,15-16,19,30-31,34-35H,3-11,13-14,17-18,20-29H2,1-2H3,(H,33,36)/b16-15+,19-12+/t30-,31+/m0/s1. The maximum Gasteiger partial charge on any atom is 0.220 e. The van der Waals surface area contributed by atoms with Crippen molar-refractivity contribution in [2.75, 3.05) is 6.61 Å². The minimum atomic E-state index is -0.679. The van der Waals surface area contributed by atoms with Crippen molar-refractivity contribution in [1.82, 2.24) is 5.32 Å². The molecule has 0 unspecified atom stereocenters. The number of rotatable bonds is 27. The molecule has 0 fully saturated rings. The Labute approximate surface area is 224 Å². The van der Waals surface area contributed by atoms with Crippen molar-refractivity contribution in [3.63, 3.8) is 0 Å². The number of aliphatic hydroxyl groups is 2. The molecule has 0 aromatic rings. The van der Waals surface area contributed by atoms with Crippen LogP contribution in [-0.2, 0) is 4.79 Å². The van der Waals surface area contributed by atoms with E-state index < -0.39 is 12.1 Å². The lowest BCUT2D eigenvalue weighted by Crippen LogP contribution is -2.45. The molecule has 0 aliphatic heterocycles. The lowest BCUT2D eigenvalue weighted by atomic mass is 10.0. The molecule has 0 heterocycles. The zero-order valence-electron chi connectivity index (χ0n) is 24.0. The average molecular weight is 508 g/mol. The minimum absolute atomic E-state index is 0.0549. The monoisotopic (exact) mass is 507 g/mol. The van der Waals surface area contributed by atoms with Crippen LogP contribution in [0.2, 0.25) is 0 Å². The summed E-state index contributed by atoms with van der Waals surface area (Å²) in [5.41, 5.74) is 0. The van der Waals surface area contributed by atoms with Crippen LogP contribution in [0, 0.1) is 0 Å². The van der Waals surface area contributed by atoms with Gasteiger partial charge in [-0.2, -0.15) is 0 Å². The van der Waals surface area contributed by atoms with Gasteiger partial charge in [-0.05, 0) is 64.2 Å². The Morgan fingerprint density at radius 3 is 1.58 bits per heavy atom. The largest absolute Gasteiger partial charge is 0.394 e. The average Bonchev–Trinajstić information content (AvgIpc) is 2.88. The first-order chi connectivity index (χ1) is 17.7. The van der Waals surface area contributed by atoms with E-state index in [1.807, 2.05) is 0 Å². The molecule has 0 rings (SSSR count). The van der Waals surface area contributed by atoms with E-state index in [0.717, 1.165) is 44.9 Å². The fourth-order valence-electron chi connectivity index (χ4n) is 4.46. The van der Waals surface area contributed by atoms with E-state index in [-0.39, 0.29) is 12.5 Å². The molecule has 0 spiro atoms. The van der Waals surface area contributed by atoms with Gasteiger partial charge in [-0.25, -0.2) is 0 Å². The van der Waals surface area contributed by atoms with Gasteiger partial charge in [0.25, 0.3) is 0 Å². The van der Waals surface area contributed by atoms with Crippen LogP contribution < -0.4 is 5.32 Å². The molecule has 0 aromatic heterocycles. The lowest BCUT2D eigenvalue weighted by molar-refractivity contribution is -0.123. The quantitative estimate of drug-likeness (QED) is 0.0770. The van der Waals surface area contributed by atoms with Gasteiger partial charge >= 0.3 is 0 Å². The highest BCUT2D eigenvalue weighted by atomic mass is 16.3. The Morgan fingerprint density at radius 2 is 1.06 bits per heavy atom. The van der Waals surface area contributed by atoms with Crippen LogP contribution in [0.15, 0.2) is 24.3 Å². The minimum Gasteiger partial charge on any atom is -0.394 e. The van der Waals surface area contributed by atoms with Crippen LogP contribution in [0.4, 0.5) is 0 Å². The normalized spacial score (nSPS) is 13.6. The topological polar surface area (TPSA) is 69.6 Å². The van der Waals surface area contributed by atoms with Crippen molar-refractivity contribution in [1.29, 1.82) is 0 Å². The fraction of sp³-hybridized carbons (Fsp3) is 0.844. The first kappa shape index (κ1) is 34.9. The van der Waals surface area contributed by atoms with Crippen molar-refractivity contribution in [2.45, 2.75) is 167 Å². The van der Waals surface area contributed by atoms with Gasteiger partial charge in [-0.3, -0.25) is 4.79 Å². The molecule has 212 valence electrons. The van der Waals surface area contributed by atoms with Crippen molar-refractivity contribution >= 4 is 5.91 Å². The van der Waals surface area contributed by atoms with Crippen molar-refractivity contribution in [3.05, 3.63) is 24.3 Å². The summed E-state index contributed by atoms with van der Waals surface area (Å²) in [7, 11) is 0. The summed E-state index contributed by atoms with van der Waals surface area (Å²) in [4.78, 5) is 12.2. The number of hydrogen-bond acceptors (Lipinski definition) is 3. The van der Waals surface area contributed by atoms with Gasteiger partial charge in [-0.1, -0.05) is 109 Å². The van der Waals surface area contributed by atoms with E-state index in [1.54, 1.807) is 0 Å². The highest BCUT2D eigenvalue weighted by Gasteiger charge is 2.19. The number of unbranched alkanes of at least 4 members (excludes halogenated alkanes) is 16. The van der Waals surface area contributed by atoms with Gasteiger partial charge in [0, 0.05) is 6.42 Å². The van der Waals surface area contributed by atoms with Gasteiger partial charge in [0.2, 0.25) is 5.91 Å². The number of carbonyl (C=O) groups excluding carboxylic acids is 1. The zero-order valence-corrected chi connectivity index (χ0v) is 24.0. The third-order valence-electron chi connectivity index (χ3n) is 6.93. The summed E-state index contributed by atoms with van der Waals surface area (Å²) in [6.07, 6.45) is 33.6. The molecule has 3 N–H and O–H groups in total. The smallest absolute Gasteiger partial charge is 0.220 e. The zero-order chi connectivity index (χ0) is 26.5. The van der Waals surface area contributed by atoms with E-state index in [0.29, 0.717) is 12.8 Å². The molecule has 0 radical (unpaired) electrons. The number of allylic oxidation sites excluding steroid dienone is 4. The first-order valence-corrected chi connectivity index (χ1v) is 15.5. The van der Waals surface area contributed by atoms with Gasteiger partial charge in [-0.15, -0.1) is 0 Å². The van der Waals surface area contributed by atoms with E-state index in [4.69, 9.17) is 0 Å².